The van der Waals surface area contributed by atoms with Crippen LogP contribution in [0.2, 0.25) is 0 Å². The highest BCUT2D eigenvalue weighted by Gasteiger charge is 2.36. The van der Waals surface area contributed by atoms with Crippen molar-refractivity contribution in [2.75, 3.05) is 19.8 Å². The van der Waals surface area contributed by atoms with E-state index in [4.69, 9.17) is 9.47 Å². The van der Waals surface area contributed by atoms with E-state index in [-0.39, 0.29) is 13.2 Å². The van der Waals surface area contributed by atoms with E-state index in [0.29, 0.717) is 23.3 Å². The van der Waals surface area contributed by atoms with Gasteiger partial charge in [-0.05, 0) is 43.7 Å². The third-order valence-electron chi connectivity index (χ3n) is 4.34. The number of rotatable bonds is 8. The molecule has 7 heteroatoms. The molecule has 2 amide bonds. The van der Waals surface area contributed by atoms with Gasteiger partial charge in [0.05, 0.1) is 16.7 Å². The van der Waals surface area contributed by atoms with Crippen LogP contribution < -0.4 is 4.74 Å². The molecule has 0 saturated heterocycles. The van der Waals surface area contributed by atoms with E-state index in [1.807, 2.05) is 12.1 Å². The summed E-state index contributed by atoms with van der Waals surface area (Å²) in [5.74, 6) is -1.06. The summed E-state index contributed by atoms with van der Waals surface area (Å²) in [4.78, 5) is 37.3. The molecule has 2 aromatic carbocycles. The second-order valence-corrected chi connectivity index (χ2v) is 7.44. The quantitative estimate of drug-likeness (QED) is 0.417. The van der Waals surface area contributed by atoms with Gasteiger partial charge in [0, 0.05) is 6.42 Å². The number of benzene rings is 2. The fourth-order valence-electron chi connectivity index (χ4n) is 3.08. The molecule has 29 heavy (non-hydrogen) atoms. The lowest BCUT2D eigenvalue weighted by Gasteiger charge is -2.17. The van der Waals surface area contributed by atoms with Crippen molar-refractivity contribution >= 4 is 17.8 Å². The zero-order valence-corrected chi connectivity index (χ0v) is 16.4. The van der Waals surface area contributed by atoms with Crippen molar-refractivity contribution in [2.45, 2.75) is 25.9 Å². The van der Waals surface area contributed by atoms with Gasteiger partial charge in [-0.3, -0.25) is 19.3 Å². The fourth-order valence-corrected chi connectivity index (χ4v) is 3.08. The highest BCUT2D eigenvalue weighted by Crippen LogP contribution is 2.22. The molecule has 1 N–H and O–H groups in total. The molecule has 3 rings (SSSR count). The molecule has 2 aromatic rings. The van der Waals surface area contributed by atoms with Crippen molar-refractivity contribution in [1.82, 2.24) is 4.90 Å². The van der Waals surface area contributed by atoms with Gasteiger partial charge in [0.25, 0.3) is 11.8 Å². The minimum Gasteiger partial charge on any atom is -0.490 e. The number of imide groups is 1. The Bertz CT molecular complexity index is 879. The standard InChI is InChI=1S/C22H23NO6/c1-22(2,27)13-15-7-9-16(10-8-15)28-11-12-29-19(24)14-23-20(25)17-5-3-4-6-18(17)21(23)26/h3-10,27H,11-14H2,1-2H3. The molecule has 0 fully saturated rings. The van der Waals surface area contributed by atoms with Gasteiger partial charge in [-0.25, -0.2) is 0 Å². The summed E-state index contributed by atoms with van der Waals surface area (Å²) in [6.07, 6.45) is 0.530. The minimum atomic E-state index is -0.782. The Balaban J connectivity index is 1.42. The van der Waals surface area contributed by atoms with Crippen molar-refractivity contribution in [3.8, 4) is 5.75 Å². The summed E-state index contributed by atoms with van der Waals surface area (Å²) in [6.45, 7) is 3.19. The number of amides is 2. The smallest absolute Gasteiger partial charge is 0.326 e. The van der Waals surface area contributed by atoms with Crippen molar-refractivity contribution in [3.63, 3.8) is 0 Å². The third kappa shape index (κ3) is 5.20. The summed E-state index contributed by atoms with van der Waals surface area (Å²) in [7, 11) is 0. The zero-order chi connectivity index (χ0) is 21.0. The third-order valence-corrected chi connectivity index (χ3v) is 4.34. The molecular weight excluding hydrogens is 374 g/mol. The van der Waals surface area contributed by atoms with E-state index in [1.165, 1.54) is 0 Å². The molecule has 1 aliphatic rings. The summed E-state index contributed by atoms with van der Waals surface area (Å²) in [6, 6.07) is 13.7. The highest BCUT2D eigenvalue weighted by molar-refractivity contribution is 6.22. The van der Waals surface area contributed by atoms with Crippen LogP contribution >= 0.6 is 0 Å². The largest absolute Gasteiger partial charge is 0.490 e. The number of carbonyl (C=O) groups excluding carboxylic acids is 3. The molecule has 0 saturated carbocycles. The van der Waals surface area contributed by atoms with Gasteiger partial charge in [-0.2, -0.15) is 0 Å². The second kappa shape index (κ2) is 8.45. The van der Waals surface area contributed by atoms with E-state index >= 15 is 0 Å². The normalized spacial score (nSPS) is 13.4. The SMILES string of the molecule is CC(C)(O)Cc1ccc(OCCOC(=O)CN2C(=O)c3ccccc3C2=O)cc1. The molecule has 1 aliphatic heterocycles. The van der Waals surface area contributed by atoms with Gasteiger partial charge in [-0.1, -0.05) is 24.3 Å². The number of aliphatic hydroxyl groups is 1. The number of esters is 1. The van der Waals surface area contributed by atoms with Crippen molar-refractivity contribution in [3.05, 3.63) is 65.2 Å². The number of ether oxygens (including phenoxy) is 2. The topological polar surface area (TPSA) is 93.1 Å². The Labute approximate surface area is 168 Å². The average Bonchev–Trinajstić information content (AvgIpc) is 2.91. The first-order chi connectivity index (χ1) is 13.7. The Hall–Kier alpha value is -3.19. The lowest BCUT2D eigenvalue weighted by Crippen LogP contribution is -2.36. The van der Waals surface area contributed by atoms with Gasteiger partial charge in [0.1, 0.15) is 25.5 Å². The Morgan fingerprint density at radius 2 is 1.55 bits per heavy atom. The molecule has 152 valence electrons. The predicted octanol–water partition coefficient (Wildman–Crippen LogP) is 2.22. The summed E-state index contributed by atoms with van der Waals surface area (Å²) in [5, 5.41) is 9.83. The molecular formula is C22H23NO6. The Kier molecular flexibility index (Phi) is 5.98. The molecule has 0 radical (unpaired) electrons. The van der Waals surface area contributed by atoms with Crippen molar-refractivity contribution in [1.29, 1.82) is 0 Å². The molecule has 7 nitrogen and oxygen atoms in total. The molecule has 0 spiro atoms. The van der Waals surface area contributed by atoms with Crippen LogP contribution in [0, 0.1) is 0 Å². The molecule has 0 bridgehead atoms. The second-order valence-electron chi connectivity index (χ2n) is 7.44. The van der Waals surface area contributed by atoms with Gasteiger partial charge < -0.3 is 14.6 Å². The monoisotopic (exact) mass is 397 g/mol. The molecule has 1 heterocycles. The predicted molar refractivity (Wildman–Crippen MR) is 105 cm³/mol. The van der Waals surface area contributed by atoms with Gasteiger partial charge in [-0.15, -0.1) is 0 Å². The van der Waals surface area contributed by atoms with Crippen LogP contribution in [0.1, 0.15) is 40.1 Å². The average molecular weight is 397 g/mol. The fraction of sp³-hybridized carbons (Fsp3) is 0.318. The van der Waals surface area contributed by atoms with Crippen LogP contribution in [0.25, 0.3) is 0 Å². The van der Waals surface area contributed by atoms with Crippen LogP contribution in [0.5, 0.6) is 5.75 Å². The number of hydrogen-bond donors (Lipinski definition) is 1. The number of fused-ring (bicyclic) bond motifs is 1. The lowest BCUT2D eigenvalue weighted by molar-refractivity contribution is -0.144. The van der Waals surface area contributed by atoms with Crippen LogP contribution in [-0.4, -0.2) is 53.1 Å². The maximum absolute atomic E-state index is 12.2. The first kappa shape index (κ1) is 20.5. The van der Waals surface area contributed by atoms with Gasteiger partial charge in [0.2, 0.25) is 0 Å². The lowest BCUT2D eigenvalue weighted by atomic mass is 9.99. The molecule has 0 atom stereocenters. The van der Waals surface area contributed by atoms with Gasteiger partial charge in [0.15, 0.2) is 0 Å². The van der Waals surface area contributed by atoms with E-state index < -0.39 is 29.9 Å². The molecule has 0 aromatic heterocycles. The van der Waals surface area contributed by atoms with E-state index in [9.17, 15) is 19.5 Å². The number of carbonyl (C=O) groups is 3. The summed E-state index contributed by atoms with van der Waals surface area (Å²) in [5.41, 5.74) is 0.788. The Morgan fingerprint density at radius 1 is 0.966 bits per heavy atom. The molecule has 0 unspecified atom stereocenters. The van der Waals surface area contributed by atoms with E-state index in [2.05, 4.69) is 0 Å². The van der Waals surface area contributed by atoms with Crippen LogP contribution in [0.4, 0.5) is 0 Å². The van der Waals surface area contributed by atoms with Crippen molar-refractivity contribution in [2.24, 2.45) is 0 Å². The van der Waals surface area contributed by atoms with Crippen LogP contribution in [0.15, 0.2) is 48.5 Å². The van der Waals surface area contributed by atoms with Crippen LogP contribution in [-0.2, 0) is 16.0 Å². The van der Waals surface area contributed by atoms with E-state index in [0.717, 1.165) is 10.5 Å². The van der Waals surface area contributed by atoms with Gasteiger partial charge >= 0.3 is 5.97 Å². The number of nitrogens with zero attached hydrogens (tertiary/aromatic N) is 1. The first-order valence-electron chi connectivity index (χ1n) is 9.29. The maximum Gasteiger partial charge on any atom is 0.326 e. The summed E-state index contributed by atoms with van der Waals surface area (Å²) >= 11 is 0. The Morgan fingerprint density at radius 3 is 2.10 bits per heavy atom. The first-order valence-corrected chi connectivity index (χ1v) is 9.29. The van der Waals surface area contributed by atoms with E-state index in [1.54, 1.807) is 50.2 Å². The highest BCUT2D eigenvalue weighted by atomic mass is 16.6. The maximum atomic E-state index is 12.2. The minimum absolute atomic E-state index is 0.00652. The number of hydrogen-bond acceptors (Lipinski definition) is 6. The zero-order valence-electron chi connectivity index (χ0n) is 16.4. The van der Waals surface area contributed by atoms with Crippen LogP contribution in [0.3, 0.4) is 0 Å². The van der Waals surface area contributed by atoms with Crippen molar-refractivity contribution < 1.29 is 29.0 Å². The summed E-state index contributed by atoms with van der Waals surface area (Å²) < 4.78 is 10.6. The molecule has 0 aliphatic carbocycles.